The summed E-state index contributed by atoms with van der Waals surface area (Å²) in [4.78, 5) is 12.2. The summed E-state index contributed by atoms with van der Waals surface area (Å²) >= 11 is 0. The topological polar surface area (TPSA) is 124 Å². The van der Waals surface area contributed by atoms with Crippen molar-refractivity contribution in [1.82, 2.24) is 5.32 Å². The zero-order valence-electron chi connectivity index (χ0n) is 21.1. The number of amides is 1. The molecule has 4 N–H and O–H groups in total. The van der Waals surface area contributed by atoms with Crippen molar-refractivity contribution in [2.75, 3.05) is 12.3 Å². The van der Waals surface area contributed by atoms with E-state index in [9.17, 15) is 23.4 Å². The zero-order chi connectivity index (χ0) is 24.9. The monoisotopic (exact) mass is 499 g/mol. The molecule has 7 nitrogen and oxygen atoms in total. The lowest BCUT2D eigenvalue weighted by atomic mass is 9.43. The van der Waals surface area contributed by atoms with Gasteiger partial charge in [0.15, 0.2) is 0 Å². The normalized spacial score (nSPS) is 45.1. The Labute approximate surface area is 205 Å². The highest BCUT2D eigenvalue weighted by Gasteiger charge is 2.63. The van der Waals surface area contributed by atoms with E-state index in [1.54, 1.807) is 0 Å². The Hall–Kier alpha value is -0.700. The third-order valence-electron chi connectivity index (χ3n) is 11.0. The summed E-state index contributed by atoms with van der Waals surface area (Å²) in [5, 5.41) is 24.5. The molecule has 0 aliphatic heterocycles. The highest BCUT2D eigenvalue weighted by atomic mass is 32.2. The summed E-state index contributed by atoms with van der Waals surface area (Å²) in [5.74, 6) is 2.28. The molecular formula is C26H45NO6S. The molecule has 0 heterocycles. The lowest BCUT2D eigenvalue weighted by Gasteiger charge is -2.62. The third kappa shape index (κ3) is 4.81. The molecule has 4 aliphatic rings. The standard InChI is InChI=1S/C26H45NO6S/c1-16(4-9-24(30)27-12-13-34(31,32)33)20-7-8-21-19-6-5-17-14-18(28)10-11-25(17,2)22(19)15-23(29)26(20,21)3/h16-23,28-29H,4-15H2,1-3H3,(H,27,30)(H,31,32,33)/t16-,17-,18-,19?,20-,21+,22+,23+,25+,26-/m1/s1. The van der Waals surface area contributed by atoms with Crippen molar-refractivity contribution >= 4 is 16.0 Å². The number of carbonyl (C=O) groups excluding carboxylic acids is 1. The molecule has 0 saturated heterocycles. The molecule has 0 aromatic rings. The molecule has 4 saturated carbocycles. The number of hydrogen-bond donors (Lipinski definition) is 4. The molecule has 10 atom stereocenters. The second kappa shape index (κ2) is 9.64. The lowest BCUT2D eigenvalue weighted by molar-refractivity contribution is -0.174. The molecule has 34 heavy (non-hydrogen) atoms. The van der Waals surface area contributed by atoms with Crippen molar-refractivity contribution < 1.29 is 28.0 Å². The fraction of sp³-hybridized carbons (Fsp3) is 0.962. The Morgan fingerprint density at radius 2 is 1.79 bits per heavy atom. The summed E-state index contributed by atoms with van der Waals surface area (Å²) in [6.45, 7) is 6.86. The van der Waals surface area contributed by atoms with Gasteiger partial charge in [-0.1, -0.05) is 20.8 Å². The maximum absolute atomic E-state index is 12.2. The number of nitrogens with one attached hydrogen (secondary N) is 1. The van der Waals surface area contributed by atoms with Crippen LogP contribution in [-0.4, -0.2) is 53.6 Å². The third-order valence-corrected chi connectivity index (χ3v) is 11.7. The fourth-order valence-corrected chi connectivity index (χ4v) is 9.49. The Morgan fingerprint density at radius 3 is 2.50 bits per heavy atom. The number of aliphatic hydroxyl groups is 2. The van der Waals surface area contributed by atoms with Crippen LogP contribution in [0.5, 0.6) is 0 Å². The molecule has 1 amide bonds. The van der Waals surface area contributed by atoms with Crippen molar-refractivity contribution in [2.24, 2.45) is 46.3 Å². The van der Waals surface area contributed by atoms with E-state index in [-0.39, 0.29) is 35.5 Å². The van der Waals surface area contributed by atoms with E-state index in [1.807, 2.05) is 0 Å². The molecular weight excluding hydrogens is 454 g/mol. The van der Waals surface area contributed by atoms with Crippen LogP contribution in [-0.2, 0) is 14.9 Å². The van der Waals surface area contributed by atoms with E-state index < -0.39 is 15.9 Å². The first-order chi connectivity index (χ1) is 15.9. The molecule has 8 heteroatoms. The van der Waals surface area contributed by atoms with E-state index in [2.05, 4.69) is 26.1 Å². The predicted octanol–water partition coefficient (Wildman–Crippen LogP) is 3.40. The van der Waals surface area contributed by atoms with E-state index in [0.717, 1.165) is 38.5 Å². The van der Waals surface area contributed by atoms with E-state index >= 15 is 0 Å². The van der Waals surface area contributed by atoms with Crippen LogP contribution < -0.4 is 5.32 Å². The average molecular weight is 500 g/mol. The Morgan fingerprint density at radius 1 is 1.06 bits per heavy atom. The highest BCUT2D eigenvalue weighted by Crippen LogP contribution is 2.68. The van der Waals surface area contributed by atoms with Crippen LogP contribution in [0.25, 0.3) is 0 Å². The fourth-order valence-electron chi connectivity index (χ4n) is 9.13. The number of fused-ring (bicyclic) bond motifs is 5. The molecule has 1 unspecified atom stereocenters. The maximum atomic E-state index is 12.2. The Balaban J connectivity index is 1.40. The smallest absolute Gasteiger partial charge is 0.266 e. The Kier molecular flexibility index (Phi) is 7.47. The van der Waals surface area contributed by atoms with Crippen LogP contribution >= 0.6 is 0 Å². The minimum Gasteiger partial charge on any atom is -0.393 e. The van der Waals surface area contributed by atoms with Crippen molar-refractivity contribution in [1.29, 1.82) is 0 Å². The summed E-state index contributed by atoms with van der Waals surface area (Å²) in [5.41, 5.74) is 0.105. The Bertz CT molecular complexity index is 863. The SMILES string of the molecule is C[C@H](CCC(=O)NCCS(=O)(=O)O)[C@H]1CC[C@H]2C3CC[C@@H]4C[C@H](O)CC[C@]4(C)[C@H]3C[C@H](O)[C@]12C. The summed E-state index contributed by atoms with van der Waals surface area (Å²) in [6, 6.07) is 0. The van der Waals surface area contributed by atoms with Gasteiger partial charge in [-0.2, -0.15) is 8.42 Å². The minimum absolute atomic E-state index is 0.0756. The predicted molar refractivity (Wildman–Crippen MR) is 130 cm³/mol. The van der Waals surface area contributed by atoms with Gasteiger partial charge in [0.05, 0.1) is 18.0 Å². The van der Waals surface area contributed by atoms with Crippen LogP contribution in [0.1, 0.15) is 85.0 Å². The molecule has 4 aliphatic carbocycles. The number of aliphatic hydroxyl groups excluding tert-OH is 2. The van der Waals surface area contributed by atoms with E-state index in [1.165, 1.54) is 12.8 Å². The van der Waals surface area contributed by atoms with Gasteiger partial charge in [0.2, 0.25) is 5.91 Å². The van der Waals surface area contributed by atoms with Gasteiger partial charge in [0.1, 0.15) is 0 Å². The molecule has 4 rings (SSSR count). The molecule has 0 radical (unpaired) electrons. The van der Waals surface area contributed by atoms with E-state index in [0.29, 0.717) is 48.3 Å². The first-order valence-electron chi connectivity index (χ1n) is 13.4. The number of carbonyl (C=O) groups is 1. The second-order valence-corrected chi connectivity index (χ2v) is 14.1. The van der Waals surface area contributed by atoms with Gasteiger partial charge >= 0.3 is 0 Å². The van der Waals surface area contributed by atoms with Gasteiger partial charge in [0, 0.05) is 13.0 Å². The van der Waals surface area contributed by atoms with E-state index in [4.69, 9.17) is 4.55 Å². The van der Waals surface area contributed by atoms with Gasteiger partial charge < -0.3 is 15.5 Å². The molecule has 0 bridgehead atoms. The largest absolute Gasteiger partial charge is 0.393 e. The van der Waals surface area contributed by atoms with Crippen molar-refractivity contribution in [3.8, 4) is 0 Å². The molecule has 196 valence electrons. The number of rotatable bonds is 7. The minimum atomic E-state index is -4.07. The summed E-state index contributed by atoms with van der Waals surface area (Å²) < 4.78 is 30.5. The molecule has 0 aromatic heterocycles. The molecule has 0 spiro atoms. The van der Waals surface area contributed by atoms with Gasteiger partial charge in [-0.25, -0.2) is 0 Å². The van der Waals surface area contributed by atoms with Crippen molar-refractivity contribution in [3.05, 3.63) is 0 Å². The summed E-state index contributed by atoms with van der Waals surface area (Å²) in [7, 11) is -4.07. The molecule has 0 aromatic carbocycles. The lowest BCUT2D eigenvalue weighted by Crippen LogP contribution is -2.58. The average Bonchev–Trinajstić information content (AvgIpc) is 3.11. The van der Waals surface area contributed by atoms with Gasteiger partial charge in [0.25, 0.3) is 10.1 Å². The van der Waals surface area contributed by atoms with Crippen LogP contribution in [0.2, 0.25) is 0 Å². The summed E-state index contributed by atoms with van der Waals surface area (Å²) in [6.07, 6.45) is 8.93. The van der Waals surface area contributed by atoms with Crippen LogP contribution in [0.15, 0.2) is 0 Å². The first-order valence-corrected chi connectivity index (χ1v) is 15.0. The molecule has 4 fully saturated rings. The second-order valence-electron chi connectivity index (χ2n) is 12.5. The van der Waals surface area contributed by atoms with Gasteiger partial charge in [-0.05, 0) is 104 Å². The quantitative estimate of drug-likeness (QED) is 0.398. The first kappa shape index (κ1) is 26.4. The van der Waals surface area contributed by atoms with Crippen LogP contribution in [0.4, 0.5) is 0 Å². The number of hydrogen-bond acceptors (Lipinski definition) is 5. The van der Waals surface area contributed by atoms with Gasteiger partial charge in [-0.3, -0.25) is 9.35 Å². The van der Waals surface area contributed by atoms with Crippen LogP contribution in [0.3, 0.4) is 0 Å². The van der Waals surface area contributed by atoms with Crippen LogP contribution in [0, 0.1) is 46.3 Å². The highest BCUT2D eigenvalue weighted by molar-refractivity contribution is 7.85. The maximum Gasteiger partial charge on any atom is 0.266 e. The van der Waals surface area contributed by atoms with Crippen molar-refractivity contribution in [3.63, 3.8) is 0 Å². The van der Waals surface area contributed by atoms with Crippen molar-refractivity contribution in [2.45, 2.75) is 97.2 Å². The zero-order valence-corrected chi connectivity index (χ0v) is 21.9. The van der Waals surface area contributed by atoms with Gasteiger partial charge in [-0.15, -0.1) is 0 Å².